The van der Waals surface area contributed by atoms with E-state index in [0.29, 0.717) is 11.1 Å². The quantitative estimate of drug-likeness (QED) is 0.208. The molecule has 4 nitrogen and oxygen atoms in total. The van der Waals surface area contributed by atoms with Crippen LogP contribution in [0.1, 0.15) is 61.7 Å². The maximum atomic E-state index is 13.5. The molecule has 38 heavy (non-hydrogen) atoms. The molecule has 0 saturated heterocycles. The minimum atomic E-state index is -0.774. The number of esters is 2. The number of hydrogen-bond donors (Lipinski definition) is 0. The Labute approximate surface area is 239 Å². The summed E-state index contributed by atoms with van der Waals surface area (Å²) in [6, 6.07) is 29.8. The van der Waals surface area contributed by atoms with E-state index in [1.54, 1.807) is 48.5 Å². The van der Waals surface area contributed by atoms with E-state index < -0.39 is 24.1 Å². The number of fused-ring (bicyclic) bond motifs is 1. The number of halogens is 2. The largest absolute Gasteiger partial charge is 0.454 e. The molecule has 3 unspecified atom stereocenters. The second kappa shape index (κ2) is 11.3. The Hall–Kier alpha value is -3.22. The summed E-state index contributed by atoms with van der Waals surface area (Å²) in [6.07, 6.45) is -1.51. The highest BCUT2D eigenvalue weighted by molar-refractivity contribution is 9.10. The molecular formula is C32H26Br2O4. The molecule has 0 heterocycles. The molecule has 0 radical (unpaired) electrons. The van der Waals surface area contributed by atoms with Crippen molar-refractivity contribution in [2.24, 2.45) is 0 Å². The molecule has 0 spiro atoms. The van der Waals surface area contributed by atoms with Crippen LogP contribution in [0.25, 0.3) is 0 Å². The fraction of sp³-hybridized carbons (Fsp3) is 0.188. The molecule has 0 amide bonds. The third-order valence-electron chi connectivity index (χ3n) is 7.11. The molecule has 4 aromatic rings. The summed E-state index contributed by atoms with van der Waals surface area (Å²) < 4.78 is 14.4. The number of rotatable bonds is 5. The van der Waals surface area contributed by atoms with Crippen LogP contribution in [0, 0.1) is 6.92 Å². The summed E-state index contributed by atoms with van der Waals surface area (Å²) in [5.74, 6) is -1.55. The van der Waals surface area contributed by atoms with E-state index in [0.717, 1.165) is 31.2 Å². The molecular weight excluding hydrogens is 608 g/mol. The Bertz CT molecular complexity index is 1450. The lowest BCUT2D eigenvalue weighted by atomic mass is 9.70. The van der Waals surface area contributed by atoms with Crippen LogP contribution in [0.5, 0.6) is 0 Å². The summed E-state index contributed by atoms with van der Waals surface area (Å²) in [4.78, 5) is 26.8. The minimum absolute atomic E-state index is 0.249. The first-order valence-electron chi connectivity index (χ1n) is 12.4. The summed E-state index contributed by atoms with van der Waals surface area (Å²) in [7, 11) is 0. The van der Waals surface area contributed by atoms with Gasteiger partial charge < -0.3 is 9.47 Å². The van der Waals surface area contributed by atoms with E-state index >= 15 is 0 Å². The molecule has 0 aliphatic heterocycles. The van der Waals surface area contributed by atoms with Gasteiger partial charge in [0.2, 0.25) is 0 Å². The second-order valence-corrected chi connectivity index (χ2v) is 11.2. The average molecular weight is 634 g/mol. The van der Waals surface area contributed by atoms with Gasteiger partial charge in [-0.1, -0.05) is 99.4 Å². The zero-order valence-corrected chi connectivity index (χ0v) is 24.1. The normalized spacial score (nSPS) is 20.3. The van der Waals surface area contributed by atoms with Crippen LogP contribution in [0.3, 0.4) is 0 Å². The van der Waals surface area contributed by atoms with E-state index in [1.165, 1.54) is 0 Å². The summed E-state index contributed by atoms with van der Waals surface area (Å²) >= 11 is 7.50. The van der Waals surface area contributed by atoms with Gasteiger partial charge in [0, 0.05) is 14.9 Å². The Morgan fingerprint density at radius 1 is 0.632 bits per heavy atom. The topological polar surface area (TPSA) is 52.6 Å². The maximum absolute atomic E-state index is 13.5. The third-order valence-corrected chi connectivity index (χ3v) is 8.49. The summed E-state index contributed by atoms with van der Waals surface area (Å²) in [6.45, 7) is 4.05. The van der Waals surface area contributed by atoms with Gasteiger partial charge in [0.25, 0.3) is 0 Å². The van der Waals surface area contributed by atoms with Gasteiger partial charge in [-0.05, 0) is 65.6 Å². The first-order chi connectivity index (χ1) is 18.4. The molecule has 0 N–H and O–H groups in total. The van der Waals surface area contributed by atoms with Crippen LogP contribution in [-0.4, -0.2) is 24.1 Å². The van der Waals surface area contributed by atoms with Gasteiger partial charge in [-0.15, -0.1) is 0 Å². The van der Waals surface area contributed by atoms with Crippen molar-refractivity contribution >= 4 is 43.8 Å². The molecule has 1 aliphatic rings. The zero-order valence-electron chi connectivity index (χ0n) is 20.9. The minimum Gasteiger partial charge on any atom is -0.454 e. The summed E-state index contributed by atoms with van der Waals surface area (Å²) in [5, 5.41) is 0. The van der Waals surface area contributed by atoms with E-state index in [-0.39, 0.29) is 11.8 Å². The number of benzene rings is 4. The van der Waals surface area contributed by atoms with Crippen molar-refractivity contribution in [1.29, 1.82) is 0 Å². The van der Waals surface area contributed by atoms with Crippen molar-refractivity contribution in [2.45, 2.75) is 37.9 Å². The second-order valence-electron chi connectivity index (χ2n) is 9.45. The SMILES string of the molecule is Cc1cccc(Br)c1[C@H]1c2cccc(Br)c2C(C)C(OC(=O)c2ccccc2)C1OC(=O)c1ccccc1. The average Bonchev–Trinajstić information content (AvgIpc) is 2.93. The molecule has 0 fully saturated rings. The van der Waals surface area contributed by atoms with Crippen molar-refractivity contribution in [3.63, 3.8) is 0 Å². The maximum Gasteiger partial charge on any atom is 0.338 e. The Kier molecular flexibility index (Phi) is 7.82. The van der Waals surface area contributed by atoms with Gasteiger partial charge in [-0.2, -0.15) is 0 Å². The number of hydrogen-bond acceptors (Lipinski definition) is 4. The molecule has 1 aliphatic carbocycles. The van der Waals surface area contributed by atoms with Crippen molar-refractivity contribution in [3.05, 3.63) is 139 Å². The van der Waals surface area contributed by atoms with Gasteiger partial charge in [-0.25, -0.2) is 9.59 Å². The van der Waals surface area contributed by atoms with Gasteiger partial charge >= 0.3 is 11.9 Å². The van der Waals surface area contributed by atoms with Crippen LogP contribution in [-0.2, 0) is 9.47 Å². The van der Waals surface area contributed by atoms with Crippen molar-refractivity contribution < 1.29 is 19.1 Å². The molecule has 0 bridgehead atoms. The number of carbonyl (C=O) groups excluding carboxylic acids is 2. The summed E-state index contributed by atoms with van der Waals surface area (Å²) in [5.41, 5.74) is 4.98. The number of carbonyl (C=O) groups is 2. The Balaban J connectivity index is 1.68. The molecule has 0 saturated carbocycles. The van der Waals surface area contributed by atoms with Crippen molar-refractivity contribution in [3.8, 4) is 0 Å². The lowest BCUT2D eigenvalue weighted by Crippen LogP contribution is -2.47. The molecule has 0 aromatic heterocycles. The first kappa shape index (κ1) is 26.4. The third kappa shape index (κ3) is 5.07. The van der Waals surface area contributed by atoms with Crippen LogP contribution in [0.2, 0.25) is 0 Å². The lowest BCUT2D eigenvalue weighted by molar-refractivity contribution is -0.0534. The van der Waals surface area contributed by atoms with Crippen LogP contribution < -0.4 is 0 Å². The van der Waals surface area contributed by atoms with Gasteiger partial charge in [0.05, 0.1) is 17.0 Å². The Morgan fingerprint density at radius 2 is 1.13 bits per heavy atom. The van der Waals surface area contributed by atoms with Gasteiger partial charge in [0.1, 0.15) is 6.10 Å². The molecule has 6 heteroatoms. The highest BCUT2D eigenvalue weighted by Crippen LogP contribution is 2.49. The smallest absolute Gasteiger partial charge is 0.338 e. The van der Waals surface area contributed by atoms with Gasteiger partial charge in [0.15, 0.2) is 6.10 Å². The van der Waals surface area contributed by atoms with Gasteiger partial charge in [-0.3, -0.25) is 0 Å². The van der Waals surface area contributed by atoms with Crippen LogP contribution in [0.4, 0.5) is 0 Å². The highest BCUT2D eigenvalue weighted by Gasteiger charge is 2.48. The highest BCUT2D eigenvalue weighted by atomic mass is 79.9. The predicted molar refractivity (Wildman–Crippen MR) is 155 cm³/mol. The van der Waals surface area contributed by atoms with E-state index in [9.17, 15) is 9.59 Å². The number of ether oxygens (including phenoxy) is 2. The lowest BCUT2D eigenvalue weighted by Gasteiger charge is -2.43. The molecule has 192 valence electrons. The zero-order chi connectivity index (χ0) is 26.8. The van der Waals surface area contributed by atoms with Crippen molar-refractivity contribution in [2.75, 3.05) is 0 Å². The van der Waals surface area contributed by atoms with Crippen LogP contribution >= 0.6 is 31.9 Å². The number of aryl methyl sites for hydroxylation is 1. The fourth-order valence-corrected chi connectivity index (χ4v) is 6.77. The van der Waals surface area contributed by atoms with Crippen LogP contribution in [0.15, 0.2) is 106 Å². The van der Waals surface area contributed by atoms with E-state index in [2.05, 4.69) is 37.9 Å². The predicted octanol–water partition coefficient (Wildman–Crippen LogP) is 8.22. The molecule has 5 rings (SSSR count). The van der Waals surface area contributed by atoms with E-state index in [4.69, 9.17) is 9.47 Å². The van der Waals surface area contributed by atoms with E-state index in [1.807, 2.05) is 56.3 Å². The molecule has 4 aromatic carbocycles. The fourth-order valence-electron chi connectivity index (χ4n) is 5.32. The monoisotopic (exact) mass is 632 g/mol. The first-order valence-corrected chi connectivity index (χ1v) is 14.0. The standard InChI is InChI=1S/C32H26Br2O4/c1-19-11-9-17-24(33)26(19)28-23-16-10-18-25(34)27(23)20(2)29(37-31(35)21-12-5-3-6-13-21)30(28)38-32(36)22-14-7-4-8-15-22/h3-18,20,28-30H,1-2H3/t20?,28-,29?,30?/m1/s1. The van der Waals surface area contributed by atoms with Crippen molar-refractivity contribution in [1.82, 2.24) is 0 Å². The Morgan fingerprint density at radius 3 is 1.68 bits per heavy atom. The molecule has 4 atom stereocenters.